The Morgan fingerprint density at radius 1 is 1.11 bits per heavy atom. The molecule has 6 heteroatoms. The molecule has 28 heavy (non-hydrogen) atoms. The van der Waals surface area contributed by atoms with Crippen molar-refractivity contribution in [3.8, 4) is 0 Å². The third-order valence-electron chi connectivity index (χ3n) is 5.46. The molecule has 3 N–H and O–H groups in total. The first-order valence-electron chi connectivity index (χ1n) is 9.86. The lowest BCUT2D eigenvalue weighted by molar-refractivity contribution is -0.129. The summed E-state index contributed by atoms with van der Waals surface area (Å²) in [4.78, 5) is 26.7. The Labute approximate surface area is 165 Å². The highest BCUT2D eigenvalue weighted by atomic mass is 16.2. The predicted octanol–water partition coefficient (Wildman–Crippen LogP) is 3.52. The van der Waals surface area contributed by atoms with Gasteiger partial charge in [0.25, 0.3) is 0 Å². The highest BCUT2D eigenvalue weighted by molar-refractivity contribution is 5.95. The molecular formula is C22H26N4O2. The van der Waals surface area contributed by atoms with Gasteiger partial charge >= 0.3 is 6.03 Å². The minimum Gasteiger partial charge on any atom is -0.355 e. The van der Waals surface area contributed by atoms with Gasteiger partial charge in [0.2, 0.25) is 5.91 Å². The number of benzene rings is 2. The number of fused-ring (bicyclic) bond motifs is 2. The predicted molar refractivity (Wildman–Crippen MR) is 111 cm³/mol. The molecule has 0 spiro atoms. The number of piperazine rings is 1. The van der Waals surface area contributed by atoms with Crippen LogP contribution in [0.3, 0.4) is 0 Å². The molecule has 0 radical (unpaired) electrons. The number of nitrogens with one attached hydrogen (secondary N) is 3. The quantitative estimate of drug-likeness (QED) is 0.749. The highest BCUT2D eigenvalue weighted by Crippen LogP contribution is 2.32. The molecular weight excluding hydrogens is 352 g/mol. The van der Waals surface area contributed by atoms with Gasteiger partial charge in [-0.2, -0.15) is 0 Å². The van der Waals surface area contributed by atoms with Crippen LogP contribution in [-0.4, -0.2) is 36.0 Å². The third-order valence-corrected chi connectivity index (χ3v) is 5.46. The highest BCUT2D eigenvalue weighted by Gasteiger charge is 2.35. The molecule has 6 nitrogen and oxygen atoms in total. The van der Waals surface area contributed by atoms with Gasteiger partial charge in [0, 0.05) is 30.2 Å². The second-order valence-corrected chi connectivity index (χ2v) is 7.76. The Morgan fingerprint density at radius 3 is 2.64 bits per heavy atom. The van der Waals surface area contributed by atoms with Crippen molar-refractivity contribution in [2.45, 2.75) is 32.7 Å². The molecule has 2 aromatic carbocycles. The van der Waals surface area contributed by atoms with Gasteiger partial charge in [-0.3, -0.25) is 4.79 Å². The van der Waals surface area contributed by atoms with Gasteiger partial charge in [0.05, 0.1) is 0 Å². The van der Waals surface area contributed by atoms with Gasteiger partial charge in [0.15, 0.2) is 0 Å². The van der Waals surface area contributed by atoms with E-state index >= 15 is 0 Å². The SMILES string of the molecule is CC(C)[C@@H]1C(=O)NCCN1C(=O)Nc1ccc2c(c1)Nc1ccccc1CC2. The first kappa shape index (κ1) is 18.3. The van der Waals surface area contributed by atoms with Crippen LogP contribution in [0.25, 0.3) is 0 Å². The van der Waals surface area contributed by atoms with Crippen LogP contribution in [0, 0.1) is 5.92 Å². The van der Waals surface area contributed by atoms with Crippen molar-refractivity contribution in [3.05, 3.63) is 53.6 Å². The van der Waals surface area contributed by atoms with Gasteiger partial charge < -0.3 is 20.9 Å². The number of carbonyl (C=O) groups is 2. The zero-order chi connectivity index (χ0) is 19.7. The largest absolute Gasteiger partial charge is 0.355 e. The first-order chi connectivity index (χ1) is 13.5. The molecule has 0 unspecified atom stereocenters. The van der Waals surface area contributed by atoms with Crippen LogP contribution < -0.4 is 16.0 Å². The van der Waals surface area contributed by atoms with Gasteiger partial charge in [0.1, 0.15) is 6.04 Å². The van der Waals surface area contributed by atoms with E-state index < -0.39 is 6.04 Å². The number of nitrogens with zero attached hydrogens (tertiary/aromatic N) is 1. The van der Waals surface area contributed by atoms with Crippen LogP contribution in [0.4, 0.5) is 21.9 Å². The minimum absolute atomic E-state index is 0.0521. The summed E-state index contributed by atoms with van der Waals surface area (Å²) < 4.78 is 0. The minimum atomic E-state index is -0.445. The summed E-state index contributed by atoms with van der Waals surface area (Å²) >= 11 is 0. The van der Waals surface area contributed by atoms with E-state index in [1.165, 1.54) is 11.1 Å². The molecule has 0 saturated carbocycles. The Balaban J connectivity index is 1.54. The normalized spacial score (nSPS) is 18.5. The Morgan fingerprint density at radius 2 is 1.86 bits per heavy atom. The van der Waals surface area contributed by atoms with Crippen molar-refractivity contribution in [1.82, 2.24) is 10.2 Å². The molecule has 2 heterocycles. The molecule has 1 fully saturated rings. The summed E-state index contributed by atoms with van der Waals surface area (Å²) in [7, 11) is 0. The van der Waals surface area contributed by atoms with Crippen molar-refractivity contribution in [1.29, 1.82) is 0 Å². The van der Waals surface area contributed by atoms with Crippen LogP contribution in [-0.2, 0) is 17.6 Å². The number of urea groups is 1. The smallest absolute Gasteiger partial charge is 0.322 e. The number of anilines is 3. The zero-order valence-corrected chi connectivity index (χ0v) is 16.3. The summed E-state index contributed by atoms with van der Waals surface area (Å²) in [5.74, 6) is -0.0344. The molecule has 1 saturated heterocycles. The van der Waals surface area contributed by atoms with E-state index in [9.17, 15) is 9.59 Å². The zero-order valence-electron chi connectivity index (χ0n) is 16.3. The fourth-order valence-electron chi connectivity index (χ4n) is 4.03. The molecule has 0 bridgehead atoms. The average molecular weight is 378 g/mol. The van der Waals surface area contributed by atoms with Crippen molar-refractivity contribution < 1.29 is 9.59 Å². The molecule has 4 rings (SSSR count). The molecule has 146 valence electrons. The van der Waals surface area contributed by atoms with E-state index in [1.54, 1.807) is 4.90 Å². The van der Waals surface area contributed by atoms with E-state index in [2.05, 4.69) is 40.2 Å². The number of amides is 3. The van der Waals surface area contributed by atoms with E-state index in [-0.39, 0.29) is 17.9 Å². The van der Waals surface area contributed by atoms with E-state index in [0.29, 0.717) is 13.1 Å². The number of aryl methyl sites for hydroxylation is 2. The number of rotatable bonds is 2. The second kappa shape index (κ2) is 7.54. The van der Waals surface area contributed by atoms with Gasteiger partial charge in [-0.25, -0.2) is 4.79 Å². The maximum absolute atomic E-state index is 12.9. The van der Waals surface area contributed by atoms with Gasteiger partial charge in [-0.15, -0.1) is 0 Å². The van der Waals surface area contributed by atoms with E-state index in [4.69, 9.17) is 0 Å². The van der Waals surface area contributed by atoms with E-state index in [0.717, 1.165) is 29.9 Å². The number of hydrogen-bond acceptors (Lipinski definition) is 3. The Kier molecular flexibility index (Phi) is 4.94. The first-order valence-corrected chi connectivity index (χ1v) is 9.86. The summed E-state index contributed by atoms with van der Waals surface area (Å²) in [5, 5.41) is 9.33. The van der Waals surface area contributed by atoms with Crippen LogP contribution in [0.1, 0.15) is 25.0 Å². The van der Waals surface area contributed by atoms with Crippen molar-refractivity contribution in [3.63, 3.8) is 0 Å². The van der Waals surface area contributed by atoms with Crippen LogP contribution in [0.2, 0.25) is 0 Å². The number of hydrogen-bond donors (Lipinski definition) is 3. The summed E-state index contributed by atoms with van der Waals surface area (Å²) in [5.41, 5.74) is 5.37. The molecule has 3 amide bonds. The number of para-hydroxylation sites is 1. The fourth-order valence-corrected chi connectivity index (χ4v) is 4.03. The Hall–Kier alpha value is -3.02. The lowest BCUT2D eigenvalue weighted by atomic mass is 10.00. The molecule has 0 aromatic heterocycles. The van der Waals surface area contributed by atoms with Crippen molar-refractivity contribution in [2.24, 2.45) is 5.92 Å². The topological polar surface area (TPSA) is 73.5 Å². The lowest BCUT2D eigenvalue weighted by Gasteiger charge is -2.37. The maximum Gasteiger partial charge on any atom is 0.322 e. The monoisotopic (exact) mass is 378 g/mol. The second-order valence-electron chi connectivity index (χ2n) is 7.76. The van der Waals surface area contributed by atoms with Crippen LogP contribution >= 0.6 is 0 Å². The summed E-state index contributed by atoms with van der Waals surface area (Å²) in [6.45, 7) is 4.91. The van der Waals surface area contributed by atoms with Crippen LogP contribution in [0.5, 0.6) is 0 Å². The van der Waals surface area contributed by atoms with Crippen molar-refractivity contribution >= 4 is 29.0 Å². The molecule has 2 aliphatic heterocycles. The van der Waals surface area contributed by atoms with Crippen LogP contribution in [0.15, 0.2) is 42.5 Å². The fraction of sp³-hybridized carbons (Fsp3) is 0.364. The van der Waals surface area contributed by atoms with Crippen molar-refractivity contribution in [2.75, 3.05) is 23.7 Å². The third kappa shape index (κ3) is 3.54. The average Bonchev–Trinajstić information content (AvgIpc) is 2.86. The number of carbonyl (C=O) groups excluding carboxylic acids is 2. The van der Waals surface area contributed by atoms with E-state index in [1.807, 2.05) is 32.0 Å². The molecule has 2 aromatic rings. The maximum atomic E-state index is 12.9. The summed E-state index contributed by atoms with van der Waals surface area (Å²) in [6.07, 6.45) is 1.94. The lowest BCUT2D eigenvalue weighted by Crippen LogP contribution is -2.60. The Bertz CT molecular complexity index is 909. The standard InChI is InChI=1S/C22H26N4O2/c1-14(2)20-21(27)23-11-12-26(20)22(28)24-17-10-9-16-8-7-15-5-3-4-6-18(15)25-19(16)13-17/h3-6,9-10,13-14,20,25H,7-8,11-12H2,1-2H3,(H,23,27)(H,24,28)/t20-/m1/s1. The summed E-state index contributed by atoms with van der Waals surface area (Å²) in [6, 6.07) is 13.6. The molecule has 1 atom stereocenters. The van der Waals surface area contributed by atoms with Gasteiger partial charge in [-0.1, -0.05) is 38.1 Å². The molecule has 2 aliphatic rings. The van der Waals surface area contributed by atoms with Gasteiger partial charge in [-0.05, 0) is 48.1 Å². The molecule has 0 aliphatic carbocycles.